The summed E-state index contributed by atoms with van der Waals surface area (Å²) in [7, 11) is 1.71. The molecular formula is C21H26ClN3O3. The Labute approximate surface area is 170 Å². The van der Waals surface area contributed by atoms with Crippen molar-refractivity contribution in [1.82, 2.24) is 10.2 Å². The Kier molecular flexibility index (Phi) is 7.43. The van der Waals surface area contributed by atoms with Crippen molar-refractivity contribution in [2.24, 2.45) is 0 Å². The monoisotopic (exact) mass is 403 g/mol. The summed E-state index contributed by atoms with van der Waals surface area (Å²) in [6.07, 6.45) is 0. The summed E-state index contributed by atoms with van der Waals surface area (Å²) in [6.45, 7) is 5.89. The van der Waals surface area contributed by atoms with E-state index in [1.54, 1.807) is 30.1 Å². The third-order valence-corrected chi connectivity index (χ3v) is 3.76. The highest BCUT2D eigenvalue weighted by atomic mass is 35.5. The molecule has 2 aromatic carbocycles. The lowest BCUT2D eigenvalue weighted by molar-refractivity contribution is -0.124. The van der Waals surface area contributed by atoms with Gasteiger partial charge in [0.05, 0.1) is 18.8 Å². The molecule has 0 aliphatic carbocycles. The molecule has 28 heavy (non-hydrogen) atoms. The van der Waals surface area contributed by atoms with Gasteiger partial charge in [0, 0.05) is 10.6 Å². The number of anilines is 1. The predicted molar refractivity (Wildman–Crippen MR) is 112 cm³/mol. The van der Waals surface area contributed by atoms with Crippen LogP contribution >= 0.6 is 11.6 Å². The first-order valence-electron chi connectivity index (χ1n) is 8.94. The molecule has 2 rings (SSSR count). The average Bonchev–Trinajstić information content (AvgIpc) is 2.56. The van der Waals surface area contributed by atoms with Gasteiger partial charge in [0.1, 0.15) is 5.75 Å². The van der Waals surface area contributed by atoms with Crippen LogP contribution in [0.2, 0.25) is 5.02 Å². The molecule has 0 saturated heterocycles. The van der Waals surface area contributed by atoms with Crippen molar-refractivity contribution in [3.05, 3.63) is 53.6 Å². The average molecular weight is 404 g/mol. The summed E-state index contributed by atoms with van der Waals surface area (Å²) in [6, 6.07) is 14.3. The molecule has 0 unspecified atom stereocenters. The molecule has 0 aliphatic rings. The van der Waals surface area contributed by atoms with Gasteiger partial charge in [-0.3, -0.25) is 14.5 Å². The van der Waals surface area contributed by atoms with E-state index in [2.05, 4.69) is 10.6 Å². The van der Waals surface area contributed by atoms with E-state index in [1.165, 1.54) is 0 Å². The number of ether oxygens (including phenoxy) is 1. The van der Waals surface area contributed by atoms with Gasteiger partial charge in [0.2, 0.25) is 11.8 Å². The number of hydrogen-bond donors (Lipinski definition) is 2. The van der Waals surface area contributed by atoms with E-state index in [9.17, 15) is 9.59 Å². The van der Waals surface area contributed by atoms with Crippen molar-refractivity contribution in [2.75, 3.05) is 25.5 Å². The summed E-state index contributed by atoms with van der Waals surface area (Å²) in [5.74, 6) is 0.721. The molecular weight excluding hydrogens is 378 g/mol. The zero-order chi connectivity index (χ0) is 20.7. The number of carbonyl (C=O) groups excluding carboxylic acids is 2. The minimum atomic E-state index is -0.315. The second-order valence-corrected chi connectivity index (χ2v) is 8.01. The van der Waals surface area contributed by atoms with Gasteiger partial charge < -0.3 is 15.4 Å². The number of halogens is 1. The zero-order valence-electron chi connectivity index (χ0n) is 16.6. The Hall–Kier alpha value is -2.57. The molecule has 0 radical (unpaired) electrons. The molecule has 0 spiro atoms. The van der Waals surface area contributed by atoms with Crippen molar-refractivity contribution < 1.29 is 14.3 Å². The number of nitrogens with zero attached hydrogens (tertiary/aromatic N) is 1. The summed E-state index contributed by atoms with van der Waals surface area (Å²) >= 11 is 6.07. The van der Waals surface area contributed by atoms with Gasteiger partial charge in [-0.15, -0.1) is 0 Å². The number of likely N-dealkylation sites (N-methyl/N-ethyl adjacent to an activating group) is 1. The molecule has 7 heteroatoms. The molecule has 6 nitrogen and oxygen atoms in total. The zero-order valence-corrected chi connectivity index (χ0v) is 17.3. The van der Waals surface area contributed by atoms with Gasteiger partial charge >= 0.3 is 0 Å². The Bertz CT molecular complexity index is 819. The number of hydrogen-bond acceptors (Lipinski definition) is 4. The van der Waals surface area contributed by atoms with E-state index < -0.39 is 0 Å². The molecule has 0 bridgehead atoms. The molecule has 0 aromatic heterocycles. The first-order chi connectivity index (χ1) is 13.1. The molecule has 0 fully saturated rings. The number of carbonyl (C=O) groups is 2. The SMILES string of the molecule is CN(CC(=O)Nc1cc(Cl)ccc1Oc1ccccc1)CC(=O)NC(C)(C)C. The second kappa shape index (κ2) is 9.57. The fourth-order valence-corrected chi connectivity index (χ4v) is 2.67. The van der Waals surface area contributed by atoms with Gasteiger partial charge in [-0.1, -0.05) is 29.8 Å². The summed E-state index contributed by atoms with van der Waals surface area (Å²) in [4.78, 5) is 26.0. The Balaban J connectivity index is 1.99. The first-order valence-corrected chi connectivity index (χ1v) is 9.32. The maximum Gasteiger partial charge on any atom is 0.238 e. The van der Waals surface area contributed by atoms with E-state index in [-0.39, 0.29) is 30.4 Å². The van der Waals surface area contributed by atoms with Crippen LogP contribution in [0.15, 0.2) is 48.5 Å². The van der Waals surface area contributed by atoms with E-state index >= 15 is 0 Å². The number of rotatable bonds is 7. The molecule has 2 aromatic rings. The number of para-hydroxylation sites is 1. The van der Waals surface area contributed by atoms with E-state index in [0.717, 1.165) is 0 Å². The fourth-order valence-electron chi connectivity index (χ4n) is 2.50. The van der Waals surface area contributed by atoms with Crippen LogP contribution in [-0.4, -0.2) is 42.4 Å². The van der Waals surface area contributed by atoms with E-state index in [0.29, 0.717) is 22.2 Å². The largest absolute Gasteiger partial charge is 0.455 e. The molecule has 2 N–H and O–H groups in total. The van der Waals surface area contributed by atoms with Gasteiger partial charge in [0.15, 0.2) is 5.75 Å². The number of benzene rings is 2. The van der Waals surface area contributed by atoms with Crippen molar-refractivity contribution in [3.8, 4) is 11.5 Å². The van der Waals surface area contributed by atoms with Crippen LogP contribution in [0.1, 0.15) is 20.8 Å². The third-order valence-electron chi connectivity index (χ3n) is 3.53. The van der Waals surface area contributed by atoms with Gasteiger partial charge in [0.25, 0.3) is 0 Å². The molecule has 150 valence electrons. The summed E-state index contributed by atoms with van der Waals surface area (Å²) < 4.78 is 5.84. The Morgan fingerprint density at radius 2 is 1.68 bits per heavy atom. The predicted octanol–water partition coefficient (Wildman–Crippen LogP) is 3.92. The molecule has 0 heterocycles. The topological polar surface area (TPSA) is 70.7 Å². The van der Waals surface area contributed by atoms with Crippen molar-refractivity contribution in [1.29, 1.82) is 0 Å². The highest BCUT2D eigenvalue weighted by molar-refractivity contribution is 6.31. The molecule has 0 atom stereocenters. The molecule has 0 aliphatic heterocycles. The number of amides is 2. The third kappa shape index (κ3) is 7.58. The van der Waals surface area contributed by atoms with Crippen molar-refractivity contribution in [2.45, 2.75) is 26.3 Å². The quantitative estimate of drug-likeness (QED) is 0.735. The highest BCUT2D eigenvalue weighted by Crippen LogP contribution is 2.31. The van der Waals surface area contributed by atoms with Gasteiger partial charge in [-0.05, 0) is 58.2 Å². The lowest BCUT2D eigenvalue weighted by atomic mass is 10.1. The van der Waals surface area contributed by atoms with Gasteiger partial charge in [-0.2, -0.15) is 0 Å². The van der Waals surface area contributed by atoms with Crippen molar-refractivity contribution in [3.63, 3.8) is 0 Å². The lowest BCUT2D eigenvalue weighted by Crippen LogP contribution is -2.46. The minimum Gasteiger partial charge on any atom is -0.455 e. The van der Waals surface area contributed by atoms with Crippen LogP contribution in [0.3, 0.4) is 0 Å². The standard InChI is InChI=1S/C21H26ClN3O3/c1-21(2,3)24-20(27)14-25(4)13-19(26)23-17-12-15(22)10-11-18(17)28-16-8-6-5-7-9-16/h5-12H,13-14H2,1-4H3,(H,23,26)(H,24,27). The maximum atomic E-state index is 12.4. The fraction of sp³-hybridized carbons (Fsp3) is 0.333. The first kappa shape index (κ1) is 21.7. The normalized spacial score (nSPS) is 11.2. The Morgan fingerprint density at radius 1 is 1.04 bits per heavy atom. The summed E-state index contributed by atoms with van der Waals surface area (Å²) in [5, 5.41) is 6.15. The molecule has 2 amide bonds. The summed E-state index contributed by atoms with van der Waals surface area (Å²) in [5.41, 5.74) is 0.152. The van der Waals surface area contributed by atoms with E-state index in [1.807, 2.05) is 51.1 Å². The van der Waals surface area contributed by atoms with E-state index in [4.69, 9.17) is 16.3 Å². The van der Waals surface area contributed by atoms with Crippen LogP contribution in [0.4, 0.5) is 5.69 Å². The van der Waals surface area contributed by atoms with Crippen LogP contribution < -0.4 is 15.4 Å². The Morgan fingerprint density at radius 3 is 2.32 bits per heavy atom. The van der Waals surface area contributed by atoms with Crippen LogP contribution in [-0.2, 0) is 9.59 Å². The van der Waals surface area contributed by atoms with Crippen LogP contribution in [0, 0.1) is 0 Å². The highest BCUT2D eigenvalue weighted by Gasteiger charge is 2.17. The van der Waals surface area contributed by atoms with Crippen LogP contribution in [0.25, 0.3) is 0 Å². The van der Waals surface area contributed by atoms with Crippen LogP contribution in [0.5, 0.6) is 11.5 Å². The molecule has 0 saturated carbocycles. The number of nitrogens with one attached hydrogen (secondary N) is 2. The van der Waals surface area contributed by atoms with Crippen molar-refractivity contribution >= 4 is 29.1 Å². The lowest BCUT2D eigenvalue weighted by Gasteiger charge is -2.23. The maximum absolute atomic E-state index is 12.4. The minimum absolute atomic E-state index is 0.0504. The second-order valence-electron chi connectivity index (χ2n) is 7.57. The van der Waals surface area contributed by atoms with Gasteiger partial charge in [-0.25, -0.2) is 0 Å². The smallest absolute Gasteiger partial charge is 0.238 e.